The third kappa shape index (κ3) is 1.52. The number of carbonyl (C=O) groups excluding carboxylic acids is 2. The number of halogens is 3. The second-order valence-corrected chi connectivity index (χ2v) is 5.07. The fourth-order valence-electron chi connectivity index (χ4n) is 2.90. The van der Waals surface area contributed by atoms with Crippen LogP contribution in [-0.2, 0) is 21.2 Å². The molecule has 19 heavy (non-hydrogen) atoms. The third-order valence-electron chi connectivity index (χ3n) is 3.95. The summed E-state index contributed by atoms with van der Waals surface area (Å²) in [6, 6.07) is 3.30. The number of imide groups is 1. The zero-order valence-corrected chi connectivity index (χ0v) is 9.97. The molecule has 1 saturated carbocycles. The molecule has 1 saturated heterocycles. The van der Waals surface area contributed by atoms with Gasteiger partial charge in [0.05, 0.1) is 16.9 Å². The van der Waals surface area contributed by atoms with Gasteiger partial charge in [-0.2, -0.15) is 13.2 Å². The summed E-state index contributed by atoms with van der Waals surface area (Å²) in [6.07, 6.45) is -4.01. The van der Waals surface area contributed by atoms with Gasteiger partial charge in [0.1, 0.15) is 0 Å². The van der Waals surface area contributed by atoms with Crippen LogP contribution in [0.4, 0.5) is 13.2 Å². The van der Waals surface area contributed by atoms with Crippen molar-refractivity contribution in [3.63, 3.8) is 0 Å². The van der Waals surface area contributed by atoms with Crippen molar-refractivity contribution in [1.82, 2.24) is 5.32 Å². The zero-order valence-electron chi connectivity index (χ0n) is 9.97. The van der Waals surface area contributed by atoms with Crippen molar-refractivity contribution >= 4 is 11.8 Å². The molecule has 2 fully saturated rings. The molecular weight excluding hydrogens is 259 g/mol. The lowest BCUT2D eigenvalue weighted by Crippen LogP contribution is -2.30. The maximum atomic E-state index is 12.6. The van der Waals surface area contributed by atoms with Gasteiger partial charge in [0.2, 0.25) is 11.8 Å². The van der Waals surface area contributed by atoms with E-state index in [1.54, 1.807) is 0 Å². The molecule has 1 heterocycles. The van der Waals surface area contributed by atoms with E-state index in [0.29, 0.717) is 17.5 Å². The second kappa shape index (κ2) is 3.37. The predicted octanol–water partition coefficient (Wildman–Crippen LogP) is 1.93. The van der Waals surface area contributed by atoms with Crippen molar-refractivity contribution in [3.05, 3.63) is 34.9 Å². The van der Waals surface area contributed by atoms with E-state index in [2.05, 4.69) is 5.32 Å². The number of hydrogen-bond donors (Lipinski definition) is 1. The van der Waals surface area contributed by atoms with Gasteiger partial charge in [0.25, 0.3) is 0 Å². The van der Waals surface area contributed by atoms with Crippen molar-refractivity contribution in [1.29, 1.82) is 0 Å². The summed E-state index contributed by atoms with van der Waals surface area (Å²) >= 11 is 0. The molecule has 3 rings (SSSR count). The van der Waals surface area contributed by atoms with Crippen LogP contribution < -0.4 is 5.32 Å². The Balaban J connectivity index is 2.05. The van der Waals surface area contributed by atoms with Crippen LogP contribution in [-0.4, -0.2) is 11.8 Å². The lowest BCUT2D eigenvalue weighted by molar-refractivity contribution is -0.137. The van der Waals surface area contributed by atoms with Crippen molar-refractivity contribution in [2.45, 2.75) is 24.9 Å². The molecule has 2 amide bonds. The average Bonchev–Trinajstić information content (AvgIpc) is 2.98. The molecule has 2 unspecified atom stereocenters. The number of aryl methyl sites for hydroxylation is 1. The second-order valence-electron chi connectivity index (χ2n) is 5.07. The van der Waals surface area contributed by atoms with Gasteiger partial charge in [-0.05, 0) is 36.6 Å². The number of piperidine rings is 1. The van der Waals surface area contributed by atoms with E-state index in [1.165, 1.54) is 13.0 Å². The monoisotopic (exact) mass is 269 g/mol. The van der Waals surface area contributed by atoms with E-state index >= 15 is 0 Å². The van der Waals surface area contributed by atoms with Crippen LogP contribution in [0.5, 0.6) is 0 Å². The van der Waals surface area contributed by atoms with Crippen LogP contribution >= 0.6 is 0 Å². The zero-order chi connectivity index (χ0) is 14.0. The summed E-state index contributed by atoms with van der Waals surface area (Å²) in [5, 5.41) is 2.23. The van der Waals surface area contributed by atoms with Crippen molar-refractivity contribution in [2.24, 2.45) is 5.92 Å². The van der Waals surface area contributed by atoms with Gasteiger partial charge in [-0.25, -0.2) is 0 Å². The van der Waals surface area contributed by atoms with Crippen molar-refractivity contribution in [2.75, 3.05) is 0 Å². The molecule has 1 aromatic rings. The number of rotatable bonds is 1. The summed E-state index contributed by atoms with van der Waals surface area (Å²) < 4.78 is 37.8. The predicted molar refractivity (Wildman–Crippen MR) is 59.1 cm³/mol. The average molecular weight is 269 g/mol. The summed E-state index contributed by atoms with van der Waals surface area (Å²) in [6.45, 7) is 1.53. The Bertz CT molecular complexity index is 608. The van der Waals surface area contributed by atoms with E-state index in [-0.39, 0.29) is 5.91 Å². The normalized spacial score (nSPS) is 29.2. The highest BCUT2D eigenvalue weighted by molar-refractivity contribution is 6.15. The van der Waals surface area contributed by atoms with Crippen LogP contribution in [0.2, 0.25) is 0 Å². The van der Waals surface area contributed by atoms with Gasteiger partial charge in [0, 0.05) is 0 Å². The molecule has 6 heteroatoms. The minimum Gasteiger partial charge on any atom is -0.295 e. The quantitative estimate of drug-likeness (QED) is 0.792. The fraction of sp³-hybridized carbons (Fsp3) is 0.385. The Kier molecular flexibility index (Phi) is 2.17. The molecule has 1 N–H and O–H groups in total. The highest BCUT2D eigenvalue weighted by atomic mass is 19.4. The first-order valence-electron chi connectivity index (χ1n) is 5.80. The first-order valence-corrected chi connectivity index (χ1v) is 5.80. The summed E-state index contributed by atoms with van der Waals surface area (Å²) in [5.41, 5.74) is -0.756. The Morgan fingerprint density at radius 3 is 2.42 bits per heavy atom. The highest BCUT2D eigenvalue weighted by Gasteiger charge is 2.69. The first kappa shape index (κ1) is 12.2. The molecule has 0 spiro atoms. The topological polar surface area (TPSA) is 46.2 Å². The van der Waals surface area contributed by atoms with Crippen molar-refractivity contribution < 1.29 is 22.8 Å². The lowest BCUT2D eigenvalue weighted by Gasteiger charge is -2.15. The summed E-state index contributed by atoms with van der Waals surface area (Å²) in [4.78, 5) is 23.3. The molecule has 100 valence electrons. The van der Waals surface area contributed by atoms with Gasteiger partial charge >= 0.3 is 6.18 Å². The van der Waals surface area contributed by atoms with E-state index < -0.39 is 29.0 Å². The van der Waals surface area contributed by atoms with Gasteiger partial charge in [0.15, 0.2) is 0 Å². The molecule has 2 aliphatic rings. The number of fused-ring (bicyclic) bond motifs is 1. The smallest absolute Gasteiger partial charge is 0.295 e. The number of carbonyl (C=O) groups is 2. The van der Waals surface area contributed by atoms with E-state index in [9.17, 15) is 22.8 Å². The van der Waals surface area contributed by atoms with Crippen molar-refractivity contribution in [3.8, 4) is 0 Å². The molecule has 2 atom stereocenters. The van der Waals surface area contributed by atoms with E-state index in [0.717, 1.165) is 12.1 Å². The van der Waals surface area contributed by atoms with Crippen LogP contribution in [0.1, 0.15) is 23.1 Å². The lowest BCUT2D eigenvalue weighted by atomic mass is 9.89. The largest absolute Gasteiger partial charge is 0.416 e. The van der Waals surface area contributed by atoms with Gasteiger partial charge < -0.3 is 0 Å². The van der Waals surface area contributed by atoms with E-state index in [1.807, 2.05) is 0 Å². The Labute approximate surface area is 106 Å². The number of alkyl halides is 3. The third-order valence-corrected chi connectivity index (χ3v) is 3.95. The van der Waals surface area contributed by atoms with Crippen LogP contribution in [0, 0.1) is 12.8 Å². The summed E-state index contributed by atoms with van der Waals surface area (Å²) in [5.74, 6) is -1.15. The molecule has 1 aliphatic carbocycles. The molecular formula is C13H10F3NO2. The standard InChI is InChI=1S/C13H10F3NO2/c1-6-4-7(13(14,15)16)2-3-8(6)12-5-9(12)10(18)17-11(12)19/h2-4,9H,5H2,1H3,(H,17,18,19). The maximum absolute atomic E-state index is 12.6. The SMILES string of the molecule is Cc1cc(C(F)(F)F)ccc1C12CC1C(=O)NC2=O. The number of amides is 2. The molecule has 1 aromatic carbocycles. The number of hydrogen-bond acceptors (Lipinski definition) is 2. The minimum absolute atomic E-state index is 0.329. The maximum Gasteiger partial charge on any atom is 0.416 e. The Morgan fingerprint density at radius 2 is 2.00 bits per heavy atom. The molecule has 0 aromatic heterocycles. The van der Waals surface area contributed by atoms with Gasteiger partial charge in [-0.3, -0.25) is 14.9 Å². The summed E-state index contributed by atoms with van der Waals surface area (Å²) in [7, 11) is 0. The van der Waals surface area contributed by atoms with Gasteiger partial charge in [-0.15, -0.1) is 0 Å². The fourth-order valence-corrected chi connectivity index (χ4v) is 2.90. The van der Waals surface area contributed by atoms with Crippen LogP contribution in [0.3, 0.4) is 0 Å². The van der Waals surface area contributed by atoms with E-state index in [4.69, 9.17) is 0 Å². The Hall–Kier alpha value is -1.85. The molecule has 1 aliphatic heterocycles. The van der Waals surface area contributed by atoms with Gasteiger partial charge in [-0.1, -0.05) is 6.07 Å². The number of benzene rings is 1. The number of nitrogens with one attached hydrogen (secondary N) is 1. The first-order chi connectivity index (χ1) is 8.76. The Morgan fingerprint density at radius 1 is 1.32 bits per heavy atom. The highest BCUT2D eigenvalue weighted by Crippen LogP contribution is 2.58. The van der Waals surface area contributed by atoms with Crippen LogP contribution in [0.25, 0.3) is 0 Å². The molecule has 0 radical (unpaired) electrons. The molecule has 0 bridgehead atoms. The molecule has 3 nitrogen and oxygen atoms in total. The van der Waals surface area contributed by atoms with Crippen LogP contribution in [0.15, 0.2) is 18.2 Å². The minimum atomic E-state index is -4.41.